The molecule has 3 heteroatoms. The van der Waals surface area contributed by atoms with Crippen LogP contribution in [-0.2, 0) is 9.53 Å². The fourth-order valence-electron chi connectivity index (χ4n) is 3.01. The molecule has 0 bridgehead atoms. The molecule has 0 aromatic heterocycles. The fourth-order valence-corrected chi connectivity index (χ4v) is 3.01. The molecule has 3 nitrogen and oxygen atoms in total. The van der Waals surface area contributed by atoms with Crippen LogP contribution in [0, 0.1) is 0 Å². The van der Waals surface area contributed by atoms with Gasteiger partial charge in [0.15, 0.2) is 0 Å². The van der Waals surface area contributed by atoms with E-state index in [1.807, 2.05) is 0 Å². The summed E-state index contributed by atoms with van der Waals surface area (Å²) in [5.41, 5.74) is 0. The quantitative estimate of drug-likeness (QED) is 0.167. The van der Waals surface area contributed by atoms with Gasteiger partial charge in [-0.1, -0.05) is 111 Å². The zero-order valence-electron chi connectivity index (χ0n) is 20.0. The summed E-state index contributed by atoms with van der Waals surface area (Å²) in [6.45, 7) is 11.5. The molecule has 170 valence electrons. The maximum atomic E-state index is 11.6. The van der Waals surface area contributed by atoms with Gasteiger partial charge in [0, 0.05) is 6.42 Å². The van der Waals surface area contributed by atoms with Gasteiger partial charge in [-0.15, -0.1) is 0 Å². The van der Waals surface area contributed by atoms with Crippen molar-refractivity contribution in [1.82, 2.24) is 5.32 Å². The number of hydrogen-bond donors (Lipinski definition) is 1. The topological polar surface area (TPSA) is 38.3 Å². The normalized spacial score (nSPS) is 10.4. The number of ether oxygens (including phenoxy) is 1. The van der Waals surface area contributed by atoms with E-state index < -0.39 is 0 Å². The third kappa shape index (κ3) is 30.2. The predicted octanol–water partition coefficient (Wildman–Crippen LogP) is 7.82. The SMILES string of the molecule is CCCCC.CCCCCCCCCOC(=O)CCCNCCCCCCC. The minimum absolute atomic E-state index is 0.0271. The lowest BCUT2D eigenvalue weighted by Gasteiger charge is -2.06. The molecule has 0 radical (unpaired) electrons. The molecule has 0 rings (SSSR count). The van der Waals surface area contributed by atoms with Gasteiger partial charge in [0.05, 0.1) is 6.61 Å². The summed E-state index contributed by atoms with van der Waals surface area (Å²) in [5, 5.41) is 3.41. The first kappa shape index (κ1) is 29.6. The number of carbonyl (C=O) groups is 1. The Morgan fingerprint density at radius 3 is 1.57 bits per heavy atom. The van der Waals surface area contributed by atoms with Gasteiger partial charge in [-0.2, -0.15) is 0 Å². The van der Waals surface area contributed by atoms with E-state index in [4.69, 9.17) is 4.74 Å². The van der Waals surface area contributed by atoms with E-state index in [1.165, 1.54) is 89.9 Å². The average Bonchev–Trinajstić information content (AvgIpc) is 2.70. The van der Waals surface area contributed by atoms with E-state index in [2.05, 4.69) is 33.0 Å². The first-order valence-corrected chi connectivity index (χ1v) is 12.6. The van der Waals surface area contributed by atoms with Crippen LogP contribution in [0.25, 0.3) is 0 Å². The number of unbranched alkanes of at least 4 members (excludes halogenated alkanes) is 12. The lowest BCUT2D eigenvalue weighted by Crippen LogP contribution is -2.18. The van der Waals surface area contributed by atoms with Crippen LogP contribution in [0.15, 0.2) is 0 Å². The number of hydrogen-bond acceptors (Lipinski definition) is 3. The van der Waals surface area contributed by atoms with Crippen molar-refractivity contribution in [3.63, 3.8) is 0 Å². The number of carbonyl (C=O) groups excluding carboxylic acids is 1. The van der Waals surface area contributed by atoms with Gasteiger partial charge in [-0.25, -0.2) is 0 Å². The summed E-state index contributed by atoms with van der Waals surface area (Å²) in [4.78, 5) is 11.6. The molecule has 0 aliphatic carbocycles. The van der Waals surface area contributed by atoms with Crippen LogP contribution in [0.2, 0.25) is 0 Å². The highest BCUT2D eigenvalue weighted by atomic mass is 16.5. The Morgan fingerprint density at radius 2 is 1.04 bits per heavy atom. The highest BCUT2D eigenvalue weighted by Gasteiger charge is 2.02. The molecule has 0 heterocycles. The largest absolute Gasteiger partial charge is 0.466 e. The van der Waals surface area contributed by atoms with Crippen molar-refractivity contribution in [3.05, 3.63) is 0 Å². The van der Waals surface area contributed by atoms with Gasteiger partial charge < -0.3 is 10.1 Å². The maximum Gasteiger partial charge on any atom is 0.305 e. The third-order valence-corrected chi connectivity index (χ3v) is 4.91. The van der Waals surface area contributed by atoms with E-state index >= 15 is 0 Å². The Balaban J connectivity index is 0. The second kappa shape index (κ2) is 28.6. The Morgan fingerprint density at radius 1 is 0.571 bits per heavy atom. The third-order valence-electron chi connectivity index (χ3n) is 4.91. The van der Waals surface area contributed by atoms with Crippen LogP contribution in [0.3, 0.4) is 0 Å². The average molecular weight is 400 g/mol. The lowest BCUT2D eigenvalue weighted by atomic mass is 10.1. The molecular formula is C25H53NO2. The van der Waals surface area contributed by atoms with Crippen molar-refractivity contribution in [2.24, 2.45) is 0 Å². The molecule has 0 aromatic rings. The van der Waals surface area contributed by atoms with E-state index in [9.17, 15) is 4.79 Å². The van der Waals surface area contributed by atoms with Crippen molar-refractivity contribution >= 4 is 5.97 Å². The van der Waals surface area contributed by atoms with E-state index in [0.717, 1.165) is 25.9 Å². The summed E-state index contributed by atoms with van der Waals surface area (Å²) < 4.78 is 5.28. The summed E-state index contributed by atoms with van der Waals surface area (Å²) in [6, 6.07) is 0. The molecule has 28 heavy (non-hydrogen) atoms. The Hall–Kier alpha value is -0.570. The first-order chi connectivity index (χ1) is 13.7. The van der Waals surface area contributed by atoms with Crippen molar-refractivity contribution < 1.29 is 9.53 Å². The smallest absolute Gasteiger partial charge is 0.305 e. The molecule has 0 aliphatic rings. The Kier molecular flexibility index (Phi) is 30.3. The molecule has 0 saturated heterocycles. The van der Waals surface area contributed by atoms with Crippen LogP contribution in [0.5, 0.6) is 0 Å². The van der Waals surface area contributed by atoms with Crippen LogP contribution in [-0.4, -0.2) is 25.7 Å². The molecule has 0 aromatic carbocycles. The zero-order valence-corrected chi connectivity index (χ0v) is 20.0. The van der Waals surface area contributed by atoms with Gasteiger partial charge >= 0.3 is 5.97 Å². The maximum absolute atomic E-state index is 11.6. The van der Waals surface area contributed by atoms with E-state index in [1.54, 1.807) is 0 Å². The molecule has 0 spiro atoms. The van der Waals surface area contributed by atoms with E-state index in [-0.39, 0.29) is 5.97 Å². The molecule has 1 N–H and O–H groups in total. The van der Waals surface area contributed by atoms with Crippen molar-refractivity contribution in [3.8, 4) is 0 Å². The standard InChI is InChI=1S/C20H41NO2.C5H12/c1-3-5-7-9-10-12-14-19-23-20(22)16-15-18-21-17-13-11-8-6-4-2;1-3-5-4-2/h21H,3-19H2,1-2H3;3-5H2,1-2H3. The fraction of sp³-hybridized carbons (Fsp3) is 0.960. The van der Waals surface area contributed by atoms with Crippen molar-refractivity contribution in [2.45, 2.75) is 137 Å². The molecule has 0 aliphatic heterocycles. The zero-order chi connectivity index (χ0) is 21.1. The van der Waals surface area contributed by atoms with Gasteiger partial charge in [0.25, 0.3) is 0 Å². The number of esters is 1. The predicted molar refractivity (Wildman–Crippen MR) is 125 cm³/mol. The van der Waals surface area contributed by atoms with Gasteiger partial charge in [-0.05, 0) is 32.4 Å². The molecule has 0 unspecified atom stereocenters. The minimum Gasteiger partial charge on any atom is -0.466 e. The van der Waals surface area contributed by atoms with Gasteiger partial charge in [0.1, 0.15) is 0 Å². The molecule has 0 amide bonds. The second-order valence-electron chi connectivity index (χ2n) is 7.96. The summed E-state index contributed by atoms with van der Waals surface area (Å²) in [6.07, 6.45) is 20.9. The highest BCUT2D eigenvalue weighted by Crippen LogP contribution is 2.07. The number of rotatable bonds is 20. The lowest BCUT2D eigenvalue weighted by molar-refractivity contribution is -0.143. The van der Waals surface area contributed by atoms with Crippen LogP contribution >= 0.6 is 0 Å². The second-order valence-corrected chi connectivity index (χ2v) is 7.96. The molecule has 0 fully saturated rings. The van der Waals surface area contributed by atoms with Gasteiger partial charge in [-0.3, -0.25) is 4.79 Å². The summed E-state index contributed by atoms with van der Waals surface area (Å²) in [7, 11) is 0. The Bertz CT molecular complexity index is 280. The van der Waals surface area contributed by atoms with E-state index in [0.29, 0.717) is 13.0 Å². The summed E-state index contributed by atoms with van der Waals surface area (Å²) >= 11 is 0. The minimum atomic E-state index is -0.0271. The molecule has 0 atom stereocenters. The van der Waals surface area contributed by atoms with Crippen LogP contribution in [0.4, 0.5) is 0 Å². The summed E-state index contributed by atoms with van der Waals surface area (Å²) in [5.74, 6) is -0.0271. The molecule has 0 saturated carbocycles. The molecular weight excluding hydrogens is 346 g/mol. The van der Waals surface area contributed by atoms with Gasteiger partial charge in [0.2, 0.25) is 0 Å². The highest BCUT2D eigenvalue weighted by molar-refractivity contribution is 5.69. The monoisotopic (exact) mass is 399 g/mol. The first-order valence-electron chi connectivity index (χ1n) is 12.6. The van der Waals surface area contributed by atoms with Crippen molar-refractivity contribution in [1.29, 1.82) is 0 Å². The number of nitrogens with one attached hydrogen (secondary N) is 1. The Labute approximate surface area is 177 Å². The van der Waals surface area contributed by atoms with Crippen molar-refractivity contribution in [2.75, 3.05) is 19.7 Å². The van der Waals surface area contributed by atoms with Crippen LogP contribution < -0.4 is 5.32 Å². The van der Waals surface area contributed by atoms with Crippen LogP contribution in [0.1, 0.15) is 137 Å².